The Hall–Kier alpha value is -4.54. The number of H-pyrrole nitrogens is 1. The smallest absolute Gasteiger partial charge is 0.337 e. The van der Waals surface area contributed by atoms with Crippen molar-refractivity contribution < 1.29 is 14.3 Å². The fraction of sp³-hybridized carbons (Fsp3) is 0.143. The van der Waals surface area contributed by atoms with E-state index in [1.54, 1.807) is 36.1 Å². The van der Waals surface area contributed by atoms with Crippen LogP contribution in [0.15, 0.2) is 53.3 Å². The number of esters is 1. The molecule has 1 atom stereocenters. The molecular weight excluding hydrogens is 414 g/mol. The van der Waals surface area contributed by atoms with Gasteiger partial charge in [0.25, 0.3) is 5.56 Å². The van der Waals surface area contributed by atoms with Crippen molar-refractivity contribution in [1.29, 1.82) is 0 Å². The molecule has 2 aromatic heterocycles. The molecule has 2 aromatic carbocycles. The number of methoxy groups -OCH3 is 2. The Balaban J connectivity index is 1.72. The highest BCUT2D eigenvalue weighted by molar-refractivity contribution is 5.89. The predicted octanol–water partition coefficient (Wildman–Crippen LogP) is 1.91. The minimum Gasteiger partial charge on any atom is -0.497 e. The first kappa shape index (κ1) is 19.4. The molecule has 0 unspecified atom stereocenters. The molecule has 1 aliphatic heterocycles. The number of fused-ring (bicyclic) bond motifs is 2. The maximum absolute atomic E-state index is 12.7. The fourth-order valence-electron chi connectivity index (χ4n) is 3.73. The number of benzene rings is 2. The van der Waals surface area contributed by atoms with E-state index in [1.165, 1.54) is 7.11 Å². The first-order valence-corrected chi connectivity index (χ1v) is 9.61. The third-order valence-electron chi connectivity index (χ3n) is 5.28. The highest BCUT2D eigenvalue weighted by Crippen LogP contribution is 2.41. The SMILES string of the molecule is COC(=O)c1ccc([C@@H]2c3c(-c4ccc(OC)cc4)n[nH]c(=O)c3Nc3nnnn32)cc1. The molecule has 0 aliphatic carbocycles. The summed E-state index contributed by atoms with van der Waals surface area (Å²) in [7, 11) is 2.91. The van der Waals surface area contributed by atoms with Gasteiger partial charge in [0.1, 0.15) is 17.5 Å². The Kier molecular flexibility index (Phi) is 4.62. The Labute approximate surface area is 181 Å². The molecule has 2 N–H and O–H groups in total. The molecule has 5 rings (SSSR count). The van der Waals surface area contributed by atoms with Crippen LogP contribution in [0.1, 0.15) is 27.5 Å². The van der Waals surface area contributed by atoms with Gasteiger partial charge in [0.05, 0.1) is 25.5 Å². The van der Waals surface area contributed by atoms with Crippen molar-refractivity contribution in [3.8, 4) is 17.0 Å². The molecule has 0 saturated heterocycles. The van der Waals surface area contributed by atoms with Crippen LogP contribution in [0.4, 0.5) is 11.6 Å². The van der Waals surface area contributed by atoms with Crippen molar-refractivity contribution in [2.45, 2.75) is 6.04 Å². The summed E-state index contributed by atoms with van der Waals surface area (Å²) in [6, 6.07) is 13.6. The van der Waals surface area contributed by atoms with Gasteiger partial charge in [0.2, 0.25) is 5.95 Å². The Morgan fingerprint density at radius 3 is 2.50 bits per heavy atom. The molecule has 0 fully saturated rings. The summed E-state index contributed by atoms with van der Waals surface area (Å²) in [5.41, 5.74) is 2.99. The zero-order valence-electron chi connectivity index (χ0n) is 17.1. The number of hydrogen-bond acceptors (Lipinski definition) is 9. The van der Waals surface area contributed by atoms with E-state index in [1.807, 2.05) is 24.3 Å². The van der Waals surface area contributed by atoms with Gasteiger partial charge in [-0.2, -0.15) is 9.78 Å². The topological polar surface area (TPSA) is 137 Å². The number of carbonyl (C=O) groups excluding carboxylic acids is 1. The van der Waals surface area contributed by atoms with Crippen LogP contribution in [0.2, 0.25) is 0 Å². The number of aromatic nitrogens is 6. The summed E-state index contributed by atoms with van der Waals surface area (Å²) < 4.78 is 11.6. The lowest BCUT2D eigenvalue weighted by atomic mass is 9.92. The maximum atomic E-state index is 12.7. The molecule has 11 nitrogen and oxygen atoms in total. The Morgan fingerprint density at radius 2 is 1.81 bits per heavy atom. The number of rotatable bonds is 4. The molecule has 4 aromatic rings. The number of aromatic amines is 1. The van der Waals surface area contributed by atoms with Crippen molar-refractivity contribution in [2.75, 3.05) is 19.5 Å². The number of hydrogen-bond donors (Lipinski definition) is 2. The van der Waals surface area contributed by atoms with E-state index in [9.17, 15) is 9.59 Å². The number of carbonyl (C=O) groups is 1. The second-order valence-corrected chi connectivity index (χ2v) is 7.01. The van der Waals surface area contributed by atoms with E-state index >= 15 is 0 Å². The molecule has 0 amide bonds. The monoisotopic (exact) mass is 431 g/mol. The molecule has 11 heteroatoms. The lowest BCUT2D eigenvalue weighted by molar-refractivity contribution is 0.0600. The van der Waals surface area contributed by atoms with Crippen molar-refractivity contribution >= 4 is 17.6 Å². The van der Waals surface area contributed by atoms with Crippen LogP contribution in [0.5, 0.6) is 5.75 Å². The molecule has 0 bridgehead atoms. The first-order valence-electron chi connectivity index (χ1n) is 9.61. The second-order valence-electron chi connectivity index (χ2n) is 7.01. The van der Waals surface area contributed by atoms with E-state index < -0.39 is 17.6 Å². The van der Waals surface area contributed by atoms with E-state index in [4.69, 9.17) is 9.47 Å². The third kappa shape index (κ3) is 3.07. The molecule has 1 aliphatic rings. The van der Waals surface area contributed by atoms with Crippen LogP contribution in [0, 0.1) is 0 Å². The standard InChI is InChI=1S/C21H17N7O4/c1-31-14-9-7-11(8-10-14)16-15-17(19(29)24-23-16)22-21-25-26-27-28(21)18(15)12-3-5-13(6-4-12)20(30)32-2/h3-10,18H,1-2H3,(H,24,29)(H,22,25,27)/t18-/m1/s1. The predicted molar refractivity (Wildman–Crippen MR) is 113 cm³/mol. The molecule has 3 heterocycles. The number of nitrogens with one attached hydrogen (secondary N) is 2. The fourth-order valence-corrected chi connectivity index (χ4v) is 3.73. The summed E-state index contributed by atoms with van der Waals surface area (Å²) >= 11 is 0. The summed E-state index contributed by atoms with van der Waals surface area (Å²) in [4.78, 5) is 24.6. The van der Waals surface area contributed by atoms with Crippen LogP contribution in [0.25, 0.3) is 11.3 Å². The van der Waals surface area contributed by atoms with Gasteiger partial charge in [-0.3, -0.25) is 4.79 Å². The average molecular weight is 431 g/mol. The average Bonchev–Trinajstić information content (AvgIpc) is 3.31. The van der Waals surface area contributed by atoms with Gasteiger partial charge in [-0.1, -0.05) is 17.2 Å². The van der Waals surface area contributed by atoms with Crippen LogP contribution in [-0.2, 0) is 4.74 Å². The number of ether oxygens (including phenoxy) is 2. The van der Waals surface area contributed by atoms with Crippen LogP contribution < -0.4 is 15.6 Å². The second kappa shape index (κ2) is 7.61. The van der Waals surface area contributed by atoms with Crippen molar-refractivity contribution in [3.63, 3.8) is 0 Å². The van der Waals surface area contributed by atoms with Crippen LogP contribution >= 0.6 is 0 Å². The summed E-state index contributed by atoms with van der Waals surface area (Å²) in [5, 5.41) is 21.7. The Morgan fingerprint density at radius 1 is 1.06 bits per heavy atom. The maximum Gasteiger partial charge on any atom is 0.337 e. The largest absolute Gasteiger partial charge is 0.497 e. The lowest BCUT2D eigenvalue weighted by Crippen LogP contribution is -2.29. The van der Waals surface area contributed by atoms with Crippen molar-refractivity contribution in [2.24, 2.45) is 0 Å². The molecule has 0 radical (unpaired) electrons. The molecule has 0 saturated carbocycles. The minimum atomic E-state index is -0.560. The summed E-state index contributed by atoms with van der Waals surface area (Å²) in [5.74, 6) is 0.571. The highest BCUT2D eigenvalue weighted by Gasteiger charge is 2.34. The molecule has 0 spiro atoms. The van der Waals surface area contributed by atoms with Crippen molar-refractivity contribution in [1.82, 2.24) is 30.4 Å². The van der Waals surface area contributed by atoms with E-state index in [2.05, 4.69) is 31.0 Å². The minimum absolute atomic E-state index is 0.301. The number of nitrogens with zero attached hydrogens (tertiary/aromatic N) is 5. The molecular formula is C21H17N7O4. The summed E-state index contributed by atoms with van der Waals surface area (Å²) in [6.45, 7) is 0. The van der Waals surface area contributed by atoms with Gasteiger partial charge in [-0.25, -0.2) is 9.89 Å². The quantitative estimate of drug-likeness (QED) is 0.409. The lowest BCUT2D eigenvalue weighted by Gasteiger charge is -2.27. The van der Waals surface area contributed by atoms with E-state index in [0.717, 1.165) is 11.1 Å². The number of tetrazole rings is 1. The summed E-state index contributed by atoms with van der Waals surface area (Å²) in [6.07, 6.45) is 0. The Bertz CT molecular complexity index is 1360. The van der Waals surface area contributed by atoms with Gasteiger partial charge in [0.15, 0.2) is 0 Å². The van der Waals surface area contributed by atoms with Crippen LogP contribution in [0.3, 0.4) is 0 Å². The van der Waals surface area contributed by atoms with Gasteiger partial charge in [-0.05, 0) is 52.4 Å². The molecule has 32 heavy (non-hydrogen) atoms. The first-order chi connectivity index (χ1) is 15.6. The highest BCUT2D eigenvalue weighted by atomic mass is 16.5. The van der Waals surface area contributed by atoms with Gasteiger partial charge in [0, 0.05) is 11.1 Å². The molecule has 160 valence electrons. The normalized spacial score (nSPS) is 14.1. The van der Waals surface area contributed by atoms with Gasteiger partial charge >= 0.3 is 5.97 Å². The van der Waals surface area contributed by atoms with Crippen molar-refractivity contribution in [3.05, 3.63) is 75.6 Å². The third-order valence-corrected chi connectivity index (χ3v) is 5.28. The van der Waals surface area contributed by atoms with Gasteiger partial charge in [-0.15, -0.1) is 0 Å². The van der Waals surface area contributed by atoms with Gasteiger partial charge < -0.3 is 14.8 Å². The van der Waals surface area contributed by atoms with Crippen LogP contribution in [-0.4, -0.2) is 50.6 Å². The van der Waals surface area contributed by atoms with E-state index in [0.29, 0.717) is 34.2 Å². The zero-order chi connectivity index (χ0) is 22.2. The zero-order valence-corrected chi connectivity index (χ0v) is 17.1. The number of anilines is 2. The van der Waals surface area contributed by atoms with E-state index in [-0.39, 0.29) is 0 Å².